The van der Waals surface area contributed by atoms with Gasteiger partial charge in [-0.2, -0.15) is 5.10 Å². The van der Waals surface area contributed by atoms with Crippen molar-refractivity contribution in [1.29, 1.82) is 0 Å². The molecule has 4 aromatic heterocycles. The number of nitrogens with zero attached hydrogens (tertiary/aromatic N) is 7. The molecule has 4 heterocycles. The van der Waals surface area contributed by atoms with Gasteiger partial charge < -0.3 is 4.98 Å². The molecule has 0 aliphatic heterocycles. The summed E-state index contributed by atoms with van der Waals surface area (Å²) in [6.07, 6.45) is 8.37. The summed E-state index contributed by atoms with van der Waals surface area (Å²) in [4.78, 5) is 16.8. The largest absolute Gasteiger partial charge is 0.371 e. The van der Waals surface area contributed by atoms with Crippen LogP contribution >= 0.6 is 0 Å². The Hall–Kier alpha value is -2.57. The van der Waals surface area contributed by atoms with Crippen molar-refractivity contribution in [3.05, 3.63) is 31.0 Å². The molecule has 0 saturated heterocycles. The Morgan fingerprint density at radius 2 is 1.81 bits per heavy atom. The molecule has 4 aromatic rings. The molecule has 0 N–H and O–H groups in total. The van der Waals surface area contributed by atoms with Gasteiger partial charge in [-0.1, -0.05) is 0 Å². The van der Waals surface area contributed by atoms with Gasteiger partial charge in [0.15, 0.2) is 11.7 Å². The van der Waals surface area contributed by atoms with Crippen molar-refractivity contribution in [3.63, 3.8) is 0 Å². The Morgan fingerprint density at radius 3 is 2.81 bits per heavy atom. The minimum Gasteiger partial charge on any atom is -0.363 e. The molecule has 0 spiro atoms. The average molecular weight is 211 g/mol. The van der Waals surface area contributed by atoms with Gasteiger partial charge in [0.25, 0.3) is 0 Å². The van der Waals surface area contributed by atoms with E-state index in [1.54, 1.807) is 33.9 Å². The van der Waals surface area contributed by atoms with E-state index in [0.29, 0.717) is 16.9 Å². The SMILES string of the molecule is c1cnc2c(cn3c4nccnc4[n-][n+]23)n1. The predicted octanol–water partition coefficient (Wildman–Crippen LogP) is -0.632. The van der Waals surface area contributed by atoms with E-state index in [-0.39, 0.29) is 0 Å². The topological polar surface area (TPSA) is 74.2 Å². The van der Waals surface area contributed by atoms with Gasteiger partial charge in [-0.3, -0.25) is 0 Å². The summed E-state index contributed by atoms with van der Waals surface area (Å²) in [5.74, 6) is 0. The zero-order chi connectivity index (χ0) is 10.5. The highest BCUT2D eigenvalue weighted by Crippen LogP contribution is 2.06. The van der Waals surface area contributed by atoms with Gasteiger partial charge >= 0.3 is 5.65 Å². The summed E-state index contributed by atoms with van der Waals surface area (Å²) in [6, 6.07) is 0. The van der Waals surface area contributed by atoms with E-state index in [2.05, 4.69) is 25.0 Å². The van der Waals surface area contributed by atoms with E-state index in [0.717, 1.165) is 5.52 Å². The van der Waals surface area contributed by atoms with Crippen LogP contribution in [0.1, 0.15) is 0 Å². The fourth-order valence-corrected chi connectivity index (χ4v) is 1.75. The van der Waals surface area contributed by atoms with E-state index >= 15 is 0 Å². The Bertz CT molecular complexity index is 742. The van der Waals surface area contributed by atoms with Gasteiger partial charge in [0, 0.05) is 12.4 Å². The lowest BCUT2D eigenvalue weighted by Crippen LogP contribution is -2.30. The predicted molar refractivity (Wildman–Crippen MR) is 52.6 cm³/mol. The number of hydrogen-bond acceptors (Lipinski definition) is 4. The molecule has 0 atom stereocenters. The maximum atomic E-state index is 4.31. The summed E-state index contributed by atoms with van der Waals surface area (Å²) in [6.45, 7) is 0. The molecule has 0 bridgehead atoms. The Morgan fingerprint density at radius 1 is 1.00 bits per heavy atom. The van der Waals surface area contributed by atoms with Gasteiger partial charge in [-0.05, 0) is 11.2 Å². The quantitative estimate of drug-likeness (QED) is 0.362. The average Bonchev–Trinajstić information content (AvgIpc) is 2.85. The Balaban J connectivity index is 2.35. The van der Waals surface area contributed by atoms with Crippen LogP contribution in [0.4, 0.5) is 0 Å². The van der Waals surface area contributed by atoms with E-state index in [1.807, 2.05) is 6.20 Å². The first-order valence-corrected chi connectivity index (χ1v) is 4.71. The van der Waals surface area contributed by atoms with Crippen LogP contribution in [0, 0.1) is 0 Å². The zero-order valence-corrected chi connectivity index (χ0v) is 8.02. The molecule has 4 rings (SSSR count). The van der Waals surface area contributed by atoms with Gasteiger partial charge in [0.1, 0.15) is 5.65 Å². The number of fused-ring (bicyclic) bond motifs is 5. The van der Waals surface area contributed by atoms with Crippen LogP contribution in [-0.2, 0) is 0 Å². The summed E-state index contributed by atoms with van der Waals surface area (Å²) in [5.41, 5.74) is 2.77. The standard InChI is InChI=1S/C9H5N7/c1-3-12-8-6(10-1)5-15-9-7(14-16(8)15)11-2-4-13-9/h1-5H. The second-order valence-electron chi connectivity index (χ2n) is 3.33. The second kappa shape index (κ2) is 2.51. The number of aromatic nitrogens is 7. The van der Waals surface area contributed by atoms with Crippen molar-refractivity contribution in [2.24, 2.45) is 0 Å². The lowest BCUT2D eigenvalue weighted by molar-refractivity contribution is -0.651. The molecule has 0 fully saturated rings. The van der Waals surface area contributed by atoms with Crippen LogP contribution < -0.4 is 9.73 Å². The van der Waals surface area contributed by atoms with Crippen LogP contribution in [0.3, 0.4) is 0 Å². The molecular weight excluding hydrogens is 206 g/mol. The molecule has 0 radical (unpaired) electrons. The molecule has 7 nitrogen and oxygen atoms in total. The molecule has 76 valence electrons. The van der Waals surface area contributed by atoms with Crippen molar-refractivity contribution in [2.45, 2.75) is 0 Å². The molecule has 0 aliphatic carbocycles. The minimum atomic E-state index is 0.593. The third-order valence-corrected chi connectivity index (χ3v) is 2.41. The lowest BCUT2D eigenvalue weighted by atomic mass is 10.5. The normalized spacial score (nSPS) is 11.8. The third kappa shape index (κ3) is 0.800. The fraction of sp³-hybridized carbons (Fsp3) is 0. The molecule has 7 heteroatoms. The first-order valence-electron chi connectivity index (χ1n) is 4.71. The summed E-state index contributed by atoms with van der Waals surface area (Å²) in [5, 5.41) is 4.31. The van der Waals surface area contributed by atoms with E-state index in [4.69, 9.17) is 0 Å². The first kappa shape index (κ1) is 7.69. The Kier molecular flexibility index (Phi) is 1.21. The maximum absolute atomic E-state index is 4.31. The summed E-state index contributed by atoms with van der Waals surface area (Å²) < 4.78 is 3.43. The molecule has 0 amide bonds. The molecule has 0 aliphatic rings. The second-order valence-corrected chi connectivity index (χ2v) is 3.33. The first-order chi connectivity index (χ1) is 7.93. The smallest absolute Gasteiger partial charge is 0.363 e. The highest BCUT2D eigenvalue weighted by molar-refractivity contribution is 5.69. The van der Waals surface area contributed by atoms with Crippen LogP contribution in [-0.4, -0.2) is 24.5 Å². The molecular formula is C9H5N7. The van der Waals surface area contributed by atoms with E-state index < -0.39 is 0 Å². The number of rotatable bonds is 0. The van der Waals surface area contributed by atoms with E-state index in [1.165, 1.54) is 0 Å². The molecule has 0 aromatic carbocycles. The van der Waals surface area contributed by atoms with E-state index in [9.17, 15) is 0 Å². The molecule has 16 heavy (non-hydrogen) atoms. The minimum absolute atomic E-state index is 0.593. The van der Waals surface area contributed by atoms with Crippen molar-refractivity contribution in [1.82, 2.24) is 29.5 Å². The van der Waals surface area contributed by atoms with Crippen LogP contribution in [0.5, 0.6) is 0 Å². The lowest BCUT2D eigenvalue weighted by Gasteiger charge is -1.89. The van der Waals surface area contributed by atoms with Gasteiger partial charge in [-0.15, -0.1) is 4.63 Å². The third-order valence-electron chi connectivity index (χ3n) is 2.41. The zero-order valence-electron chi connectivity index (χ0n) is 8.02. The van der Waals surface area contributed by atoms with Gasteiger partial charge in [0.05, 0.1) is 11.8 Å². The molecule has 0 unspecified atom stereocenters. The van der Waals surface area contributed by atoms with Crippen molar-refractivity contribution in [3.8, 4) is 0 Å². The van der Waals surface area contributed by atoms with Crippen molar-refractivity contribution < 1.29 is 4.63 Å². The summed E-state index contributed by atoms with van der Waals surface area (Å²) in [7, 11) is 0. The van der Waals surface area contributed by atoms with Crippen LogP contribution in [0.25, 0.3) is 22.5 Å². The van der Waals surface area contributed by atoms with Crippen molar-refractivity contribution >= 4 is 22.5 Å². The van der Waals surface area contributed by atoms with Gasteiger partial charge in [-0.25, -0.2) is 14.5 Å². The van der Waals surface area contributed by atoms with Crippen molar-refractivity contribution in [2.75, 3.05) is 0 Å². The maximum Gasteiger partial charge on any atom is 0.371 e. The molecule has 0 saturated carbocycles. The monoisotopic (exact) mass is 211 g/mol. The highest BCUT2D eigenvalue weighted by Gasteiger charge is 2.12. The fourth-order valence-electron chi connectivity index (χ4n) is 1.75. The highest BCUT2D eigenvalue weighted by atomic mass is 15.5. The van der Waals surface area contributed by atoms with Crippen LogP contribution in [0.15, 0.2) is 31.0 Å². The van der Waals surface area contributed by atoms with Gasteiger partial charge in [0.2, 0.25) is 0 Å². The Labute approximate surface area is 88.4 Å². The summed E-state index contributed by atoms with van der Waals surface area (Å²) >= 11 is 0. The van der Waals surface area contributed by atoms with Crippen LogP contribution in [0.2, 0.25) is 0 Å². The number of hydrogen-bond donors (Lipinski definition) is 0.